The highest BCUT2D eigenvalue weighted by atomic mass is 16.6. The highest BCUT2D eigenvalue weighted by Crippen LogP contribution is 2.28. The number of allylic oxidation sites excluding steroid dienone is 3. The number of nitrogens with zero attached hydrogens (tertiary/aromatic N) is 2. The third kappa shape index (κ3) is 12.7. The van der Waals surface area contributed by atoms with Gasteiger partial charge in [0.25, 0.3) is 0 Å². The number of carbonyl (C=O) groups excluding carboxylic acids is 4. The molecule has 0 aromatic rings. The number of aliphatic hydroxyl groups is 2. The van der Waals surface area contributed by atoms with Gasteiger partial charge in [0.2, 0.25) is 17.5 Å². The van der Waals surface area contributed by atoms with Gasteiger partial charge in [-0.25, -0.2) is 4.79 Å². The average Bonchev–Trinajstić information content (AvgIpc) is 3.02. The van der Waals surface area contributed by atoms with E-state index in [4.69, 9.17) is 15.2 Å². The first-order valence-corrected chi connectivity index (χ1v) is 16.3. The van der Waals surface area contributed by atoms with Crippen molar-refractivity contribution in [3.05, 3.63) is 46.8 Å². The van der Waals surface area contributed by atoms with Gasteiger partial charge < -0.3 is 41.0 Å². The van der Waals surface area contributed by atoms with Crippen LogP contribution in [0.2, 0.25) is 0 Å². The number of nitrogens with one attached hydrogen (secondary N) is 2. The predicted molar refractivity (Wildman–Crippen MR) is 182 cm³/mol. The lowest BCUT2D eigenvalue weighted by atomic mass is 9.85. The number of hydrogen-bond donors (Lipinski definition) is 5. The number of nitrogens with two attached hydrogens (primary N) is 1. The van der Waals surface area contributed by atoms with Crippen molar-refractivity contribution in [2.75, 3.05) is 53.4 Å². The Kier molecular flexibility index (Phi) is 16.7. The Labute approximate surface area is 284 Å². The molecule has 0 aromatic heterocycles. The smallest absolute Gasteiger partial charge is 0.405 e. The summed E-state index contributed by atoms with van der Waals surface area (Å²) in [5, 5.41) is 27.6. The molecule has 1 fully saturated rings. The third-order valence-electron chi connectivity index (χ3n) is 8.44. The molecule has 1 heterocycles. The minimum atomic E-state index is -1.22. The normalized spacial score (nSPS) is 20.3. The first-order valence-electron chi connectivity index (χ1n) is 16.3. The van der Waals surface area contributed by atoms with Crippen molar-refractivity contribution < 1.29 is 38.9 Å². The van der Waals surface area contributed by atoms with E-state index in [1.165, 1.54) is 26.2 Å². The van der Waals surface area contributed by atoms with E-state index in [0.29, 0.717) is 25.1 Å². The molecule has 266 valence electrons. The van der Waals surface area contributed by atoms with Gasteiger partial charge >= 0.3 is 6.09 Å². The van der Waals surface area contributed by atoms with Crippen molar-refractivity contribution in [3.63, 3.8) is 0 Å². The van der Waals surface area contributed by atoms with Gasteiger partial charge in [-0.05, 0) is 57.4 Å². The van der Waals surface area contributed by atoms with Crippen LogP contribution in [0, 0.1) is 23.7 Å². The molecular formula is C35H53N5O8. The first-order chi connectivity index (χ1) is 22.7. The van der Waals surface area contributed by atoms with Crippen LogP contribution < -0.4 is 16.4 Å². The second-order valence-corrected chi connectivity index (χ2v) is 12.5. The third-order valence-corrected chi connectivity index (χ3v) is 8.44. The van der Waals surface area contributed by atoms with E-state index in [0.717, 1.165) is 32.3 Å². The fraction of sp³-hybridized carbons (Fsp3) is 0.600. The molecule has 1 aliphatic heterocycles. The number of carbonyl (C=O) groups is 4. The lowest BCUT2D eigenvalue weighted by Gasteiger charge is -2.32. The Morgan fingerprint density at radius 1 is 1.15 bits per heavy atom. The number of hydrogen-bond acceptors (Lipinski definition) is 11. The van der Waals surface area contributed by atoms with Crippen LogP contribution in [0.15, 0.2) is 46.8 Å². The lowest BCUT2D eigenvalue weighted by molar-refractivity contribution is -0.121. The summed E-state index contributed by atoms with van der Waals surface area (Å²) >= 11 is 0. The number of aliphatic hydroxyl groups excluding tert-OH is 2. The summed E-state index contributed by atoms with van der Waals surface area (Å²) in [6.45, 7) is 13.2. The van der Waals surface area contributed by atoms with Crippen LogP contribution in [0.1, 0.15) is 47.5 Å². The summed E-state index contributed by atoms with van der Waals surface area (Å²) in [4.78, 5) is 54.6. The number of ether oxygens (including phenoxy) is 2. The molecule has 13 heteroatoms. The number of piperazine rings is 1. The van der Waals surface area contributed by atoms with E-state index < -0.39 is 48.1 Å². The number of amides is 2. The van der Waals surface area contributed by atoms with E-state index in [9.17, 15) is 29.4 Å². The van der Waals surface area contributed by atoms with Gasteiger partial charge in [0.1, 0.15) is 6.10 Å². The molecule has 0 aromatic carbocycles. The molecule has 2 amide bonds. The van der Waals surface area contributed by atoms with Gasteiger partial charge in [0.05, 0.1) is 23.6 Å². The number of rotatable bonds is 17. The zero-order valence-electron chi connectivity index (χ0n) is 29.2. The molecule has 13 nitrogen and oxygen atoms in total. The lowest BCUT2D eigenvalue weighted by Crippen LogP contribution is -2.46. The summed E-state index contributed by atoms with van der Waals surface area (Å²) in [7, 11) is 3.56. The zero-order valence-corrected chi connectivity index (χ0v) is 29.2. The molecule has 4 unspecified atom stereocenters. The molecule has 0 radical (unpaired) electrons. The maximum Gasteiger partial charge on any atom is 0.405 e. The monoisotopic (exact) mass is 671 g/mol. The van der Waals surface area contributed by atoms with Gasteiger partial charge in [0, 0.05) is 70.9 Å². The van der Waals surface area contributed by atoms with Gasteiger partial charge in [-0.2, -0.15) is 0 Å². The molecule has 0 spiro atoms. The summed E-state index contributed by atoms with van der Waals surface area (Å²) in [5.41, 5.74) is 6.12. The largest absolute Gasteiger partial charge is 0.439 e. The number of likely N-dealkylation sites (N-methyl/N-ethyl adjacent to an activating group) is 1. The topological polar surface area (TPSA) is 184 Å². The highest BCUT2D eigenvalue weighted by molar-refractivity contribution is 6.23. The van der Waals surface area contributed by atoms with Crippen LogP contribution >= 0.6 is 0 Å². The van der Waals surface area contributed by atoms with Crippen molar-refractivity contribution in [1.82, 2.24) is 20.4 Å². The molecule has 2 rings (SSSR count). The molecule has 1 saturated heterocycles. The molecule has 1 aliphatic carbocycles. The second-order valence-electron chi connectivity index (χ2n) is 12.5. The molecule has 2 aliphatic rings. The Balaban J connectivity index is 2.21. The van der Waals surface area contributed by atoms with Crippen molar-refractivity contribution in [1.29, 1.82) is 0 Å². The van der Waals surface area contributed by atoms with E-state index >= 15 is 0 Å². The van der Waals surface area contributed by atoms with E-state index in [1.807, 2.05) is 6.92 Å². The Morgan fingerprint density at radius 2 is 1.81 bits per heavy atom. The SMILES string of the molecule is CC#C/C=C\C(O)C(OC(N)=O)/C(C)=C/[C@H](C)C(O)C(C[C@H](C)CC1=C(NCCN2CCN(C)CC2)C(=O)C=C(NC(C)=O)C1=O)OC. The van der Waals surface area contributed by atoms with Crippen molar-refractivity contribution in [2.24, 2.45) is 17.6 Å². The van der Waals surface area contributed by atoms with Crippen LogP contribution in [0.4, 0.5) is 4.79 Å². The van der Waals surface area contributed by atoms with E-state index in [1.54, 1.807) is 26.8 Å². The second kappa shape index (κ2) is 19.9. The minimum absolute atomic E-state index is 0.0663. The van der Waals surface area contributed by atoms with Crippen LogP contribution in [-0.2, 0) is 23.9 Å². The van der Waals surface area contributed by atoms with Crippen LogP contribution in [0.3, 0.4) is 0 Å². The number of methoxy groups -OCH3 is 1. The van der Waals surface area contributed by atoms with Crippen LogP contribution in [0.5, 0.6) is 0 Å². The van der Waals surface area contributed by atoms with Gasteiger partial charge in [-0.1, -0.05) is 25.8 Å². The van der Waals surface area contributed by atoms with E-state index in [2.05, 4.69) is 39.3 Å². The molecule has 0 bridgehead atoms. The summed E-state index contributed by atoms with van der Waals surface area (Å²) in [6.07, 6.45) is 1.12. The summed E-state index contributed by atoms with van der Waals surface area (Å²) in [6, 6.07) is 0. The van der Waals surface area contributed by atoms with Gasteiger partial charge in [-0.3, -0.25) is 19.3 Å². The molecular weight excluding hydrogens is 618 g/mol. The number of primary amides is 1. The van der Waals surface area contributed by atoms with E-state index in [-0.39, 0.29) is 35.1 Å². The highest BCUT2D eigenvalue weighted by Gasteiger charge is 2.33. The molecule has 0 saturated carbocycles. The zero-order chi connectivity index (χ0) is 36.0. The Hall–Kier alpha value is -3.80. The summed E-state index contributed by atoms with van der Waals surface area (Å²) < 4.78 is 10.8. The predicted octanol–water partition coefficient (Wildman–Crippen LogP) is 1.03. The van der Waals surface area contributed by atoms with Crippen molar-refractivity contribution in [2.45, 2.75) is 71.9 Å². The van der Waals surface area contributed by atoms with Gasteiger partial charge in [-0.15, -0.1) is 5.92 Å². The Bertz CT molecular complexity index is 1340. The van der Waals surface area contributed by atoms with Crippen molar-refractivity contribution in [3.8, 4) is 11.8 Å². The van der Waals surface area contributed by atoms with Crippen LogP contribution in [-0.4, -0.2) is 121 Å². The Morgan fingerprint density at radius 3 is 2.40 bits per heavy atom. The fourth-order valence-electron chi connectivity index (χ4n) is 5.81. The maximum atomic E-state index is 13.5. The standard InChI is InChI=1S/C35H53N5O8/c1-8-9-10-11-28(42)34(48-35(36)46)24(4)20-23(3)32(44)30(47-7)19-22(2)18-26-31(29(43)21-27(33(26)45)38-25(5)41)37-12-13-40-16-14-39(6)15-17-40/h10-11,20-23,28,30,32,34,37,42,44H,12-19H2,1-7H3,(H2,36,46)(H,38,41)/b11-10-,24-20+/t22-,23+,28?,30?,32?,34?/m1/s1. The maximum absolute atomic E-state index is 13.5. The fourth-order valence-corrected chi connectivity index (χ4v) is 5.81. The average molecular weight is 672 g/mol. The number of ketones is 2. The minimum Gasteiger partial charge on any atom is -0.439 e. The summed E-state index contributed by atoms with van der Waals surface area (Å²) in [5.74, 6) is 3.35. The molecule has 6 atom stereocenters. The van der Waals surface area contributed by atoms with Crippen molar-refractivity contribution >= 4 is 23.6 Å². The number of Topliss-reactive ketones (excluding diaryl/α,β-unsaturated/α-hetero) is 1. The van der Waals surface area contributed by atoms with Crippen LogP contribution in [0.25, 0.3) is 0 Å². The molecule has 48 heavy (non-hydrogen) atoms. The molecule has 6 N–H and O–H groups in total. The quantitative estimate of drug-likeness (QED) is 0.0846. The van der Waals surface area contributed by atoms with Gasteiger partial charge in [0.15, 0.2) is 6.10 Å². The first kappa shape index (κ1) is 40.4.